The number of ether oxygens (including phenoxy) is 2. The van der Waals surface area contributed by atoms with E-state index in [2.05, 4.69) is 39.3 Å². The Morgan fingerprint density at radius 3 is 2.83 bits per heavy atom. The third-order valence-electron chi connectivity index (χ3n) is 5.89. The van der Waals surface area contributed by atoms with Crippen LogP contribution in [0.25, 0.3) is 10.9 Å². The Kier molecular flexibility index (Phi) is 8.69. The first kappa shape index (κ1) is 25.8. The number of amides is 1. The summed E-state index contributed by atoms with van der Waals surface area (Å²) in [6, 6.07) is 7.86. The van der Waals surface area contributed by atoms with Gasteiger partial charge in [0.15, 0.2) is 0 Å². The van der Waals surface area contributed by atoms with Crippen molar-refractivity contribution in [3.05, 3.63) is 59.7 Å². The molecule has 190 valence electrons. The molecule has 1 aliphatic heterocycles. The topological polar surface area (TPSA) is 88.6 Å². The standard InChI is InChI=1S/C26H29ClFN5O3/c1-3-33(4-2)10-5-6-25(34)32-23-13-19-22(14-24(23)36-18-9-11-35-15-18)29-16-30-26(19)31-17-7-8-21(28)20(27)12-17/h5-8,12-14,16,18H,3-4,9-11,15H2,1-2H3,(H,32,34)(H,29,30,31). The minimum atomic E-state index is -0.508. The van der Waals surface area contributed by atoms with Gasteiger partial charge in [-0.1, -0.05) is 31.5 Å². The number of hydrogen-bond donors (Lipinski definition) is 2. The van der Waals surface area contributed by atoms with Crippen LogP contribution >= 0.6 is 11.6 Å². The Labute approximate surface area is 214 Å². The van der Waals surface area contributed by atoms with Gasteiger partial charge in [0.05, 0.1) is 29.4 Å². The summed E-state index contributed by atoms with van der Waals surface area (Å²) in [6.45, 7) is 7.77. The van der Waals surface area contributed by atoms with Crippen LogP contribution in [0, 0.1) is 5.82 Å². The van der Waals surface area contributed by atoms with Gasteiger partial charge in [-0.3, -0.25) is 4.79 Å². The van der Waals surface area contributed by atoms with E-state index in [1.807, 2.05) is 6.08 Å². The van der Waals surface area contributed by atoms with Crippen LogP contribution in [0.2, 0.25) is 5.02 Å². The largest absolute Gasteiger partial charge is 0.486 e. The number of likely N-dealkylation sites (N-methyl/N-ethyl adjacent to an activating group) is 1. The molecule has 1 saturated heterocycles. The zero-order valence-electron chi connectivity index (χ0n) is 20.3. The molecule has 10 heteroatoms. The van der Waals surface area contributed by atoms with Crippen LogP contribution in [0.15, 0.2) is 48.8 Å². The van der Waals surface area contributed by atoms with Gasteiger partial charge in [0.1, 0.15) is 29.8 Å². The summed E-state index contributed by atoms with van der Waals surface area (Å²) in [6.07, 6.45) is 5.43. The van der Waals surface area contributed by atoms with Gasteiger partial charge in [-0.2, -0.15) is 0 Å². The van der Waals surface area contributed by atoms with Crippen molar-refractivity contribution >= 4 is 45.6 Å². The first-order chi connectivity index (χ1) is 17.5. The predicted octanol–water partition coefficient (Wildman–Crippen LogP) is 5.17. The van der Waals surface area contributed by atoms with Crippen LogP contribution in [0.5, 0.6) is 5.75 Å². The summed E-state index contributed by atoms with van der Waals surface area (Å²) in [5.74, 6) is 0.196. The van der Waals surface area contributed by atoms with E-state index < -0.39 is 5.82 Å². The van der Waals surface area contributed by atoms with Crippen molar-refractivity contribution in [2.75, 3.05) is 43.5 Å². The zero-order chi connectivity index (χ0) is 25.5. The number of rotatable bonds is 10. The Bertz CT molecular complexity index is 1250. The highest BCUT2D eigenvalue weighted by Gasteiger charge is 2.21. The molecule has 1 fully saturated rings. The van der Waals surface area contributed by atoms with Gasteiger partial charge in [-0.15, -0.1) is 0 Å². The van der Waals surface area contributed by atoms with Gasteiger partial charge in [0, 0.05) is 36.2 Å². The highest BCUT2D eigenvalue weighted by molar-refractivity contribution is 6.31. The number of nitrogens with zero attached hydrogens (tertiary/aromatic N) is 3. The molecule has 1 amide bonds. The van der Waals surface area contributed by atoms with Gasteiger partial charge in [-0.05, 0) is 37.4 Å². The first-order valence-electron chi connectivity index (χ1n) is 11.9. The second kappa shape index (κ2) is 12.1. The van der Waals surface area contributed by atoms with Crippen molar-refractivity contribution in [3.8, 4) is 5.75 Å². The predicted molar refractivity (Wildman–Crippen MR) is 140 cm³/mol. The molecule has 2 heterocycles. The second-order valence-electron chi connectivity index (χ2n) is 8.32. The zero-order valence-corrected chi connectivity index (χ0v) is 21.0. The van der Waals surface area contributed by atoms with Crippen LogP contribution in [-0.4, -0.2) is 59.7 Å². The van der Waals surface area contributed by atoms with Gasteiger partial charge in [0.25, 0.3) is 0 Å². The van der Waals surface area contributed by atoms with E-state index >= 15 is 0 Å². The number of carbonyl (C=O) groups is 1. The third kappa shape index (κ3) is 6.48. The smallest absolute Gasteiger partial charge is 0.248 e. The monoisotopic (exact) mass is 513 g/mol. The Balaban J connectivity index is 1.64. The lowest BCUT2D eigenvalue weighted by Gasteiger charge is -2.18. The van der Waals surface area contributed by atoms with Crippen molar-refractivity contribution < 1.29 is 18.7 Å². The highest BCUT2D eigenvalue weighted by atomic mass is 35.5. The van der Waals surface area contributed by atoms with Crippen LogP contribution in [0.1, 0.15) is 20.3 Å². The quantitative estimate of drug-likeness (QED) is 0.361. The molecule has 1 aliphatic rings. The fraction of sp³-hybridized carbons (Fsp3) is 0.346. The van der Waals surface area contributed by atoms with E-state index in [9.17, 15) is 9.18 Å². The Morgan fingerprint density at radius 1 is 1.28 bits per heavy atom. The molecule has 2 aromatic carbocycles. The average molecular weight is 514 g/mol. The van der Waals surface area contributed by atoms with Crippen molar-refractivity contribution in [2.24, 2.45) is 0 Å². The Morgan fingerprint density at radius 2 is 2.11 bits per heavy atom. The lowest BCUT2D eigenvalue weighted by atomic mass is 10.1. The lowest BCUT2D eigenvalue weighted by molar-refractivity contribution is -0.111. The summed E-state index contributed by atoms with van der Waals surface area (Å²) in [7, 11) is 0. The maximum atomic E-state index is 13.6. The van der Waals surface area contributed by atoms with E-state index in [0.29, 0.717) is 53.6 Å². The lowest BCUT2D eigenvalue weighted by Crippen LogP contribution is -2.23. The van der Waals surface area contributed by atoms with E-state index in [1.165, 1.54) is 24.5 Å². The molecule has 0 spiro atoms. The fourth-order valence-electron chi connectivity index (χ4n) is 3.84. The maximum Gasteiger partial charge on any atom is 0.248 e. The fourth-order valence-corrected chi connectivity index (χ4v) is 4.02. The molecule has 0 saturated carbocycles. The first-order valence-corrected chi connectivity index (χ1v) is 12.3. The Hall–Kier alpha value is -3.27. The van der Waals surface area contributed by atoms with Crippen LogP contribution < -0.4 is 15.4 Å². The highest BCUT2D eigenvalue weighted by Crippen LogP contribution is 2.35. The van der Waals surface area contributed by atoms with Gasteiger partial charge in [0.2, 0.25) is 5.91 Å². The van der Waals surface area contributed by atoms with Crippen LogP contribution in [0.4, 0.5) is 21.6 Å². The second-order valence-corrected chi connectivity index (χ2v) is 8.73. The van der Waals surface area contributed by atoms with E-state index in [1.54, 1.807) is 18.2 Å². The molecule has 0 bridgehead atoms. The van der Waals surface area contributed by atoms with Crippen molar-refractivity contribution in [1.82, 2.24) is 14.9 Å². The number of fused-ring (bicyclic) bond motifs is 1. The normalized spacial score (nSPS) is 15.6. The number of benzene rings is 2. The molecule has 0 radical (unpaired) electrons. The van der Waals surface area contributed by atoms with Crippen LogP contribution in [-0.2, 0) is 9.53 Å². The SMILES string of the molecule is CCN(CC)CC=CC(=O)Nc1cc2c(Nc3ccc(F)c(Cl)c3)ncnc2cc1OC1CCOC1. The molecular weight excluding hydrogens is 485 g/mol. The molecule has 36 heavy (non-hydrogen) atoms. The number of hydrogen-bond acceptors (Lipinski definition) is 7. The molecule has 1 unspecified atom stereocenters. The molecule has 1 atom stereocenters. The van der Waals surface area contributed by atoms with Gasteiger partial charge in [-0.25, -0.2) is 14.4 Å². The van der Waals surface area contributed by atoms with Gasteiger partial charge >= 0.3 is 0 Å². The van der Waals surface area contributed by atoms with E-state index in [4.69, 9.17) is 21.1 Å². The van der Waals surface area contributed by atoms with E-state index in [0.717, 1.165) is 19.5 Å². The van der Waals surface area contributed by atoms with Gasteiger partial charge < -0.3 is 25.0 Å². The minimum absolute atomic E-state index is 0.00252. The number of nitrogens with one attached hydrogen (secondary N) is 2. The summed E-state index contributed by atoms with van der Waals surface area (Å²) in [4.78, 5) is 23.7. The molecule has 3 aromatic rings. The molecule has 0 aliphatic carbocycles. The third-order valence-corrected chi connectivity index (χ3v) is 6.18. The average Bonchev–Trinajstić information content (AvgIpc) is 3.38. The van der Waals surface area contributed by atoms with Crippen LogP contribution in [0.3, 0.4) is 0 Å². The molecule has 1 aromatic heterocycles. The number of aromatic nitrogens is 2. The summed E-state index contributed by atoms with van der Waals surface area (Å²) in [5.41, 5.74) is 1.67. The molecule has 8 nitrogen and oxygen atoms in total. The van der Waals surface area contributed by atoms with Crippen molar-refractivity contribution in [2.45, 2.75) is 26.4 Å². The summed E-state index contributed by atoms with van der Waals surface area (Å²) >= 11 is 5.93. The van der Waals surface area contributed by atoms with Crippen molar-refractivity contribution in [3.63, 3.8) is 0 Å². The molecule has 4 rings (SSSR count). The van der Waals surface area contributed by atoms with Crippen molar-refractivity contribution in [1.29, 1.82) is 0 Å². The minimum Gasteiger partial charge on any atom is -0.486 e. The summed E-state index contributed by atoms with van der Waals surface area (Å²) in [5, 5.41) is 6.73. The number of halogens is 2. The van der Waals surface area contributed by atoms with E-state index in [-0.39, 0.29) is 17.0 Å². The maximum absolute atomic E-state index is 13.6. The molecule has 2 N–H and O–H groups in total. The number of anilines is 3. The summed E-state index contributed by atoms with van der Waals surface area (Å²) < 4.78 is 25.2. The number of carbonyl (C=O) groups excluding carboxylic acids is 1. The molecular formula is C26H29ClFN5O3.